The highest BCUT2D eigenvalue weighted by molar-refractivity contribution is 6.22. The summed E-state index contributed by atoms with van der Waals surface area (Å²) in [4.78, 5) is 0. The van der Waals surface area contributed by atoms with Crippen LogP contribution >= 0.6 is 0 Å². The van der Waals surface area contributed by atoms with Crippen molar-refractivity contribution in [3.8, 4) is 33.4 Å². The molecule has 0 amide bonds. The molecule has 1 aliphatic rings. The molecule has 0 aliphatic heterocycles. The van der Waals surface area contributed by atoms with E-state index >= 15 is 0 Å². The van der Waals surface area contributed by atoms with E-state index in [1.807, 2.05) is 0 Å². The van der Waals surface area contributed by atoms with Crippen LogP contribution in [0.3, 0.4) is 0 Å². The molecule has 0 bridgehead atoms. The lowest BCUT2D eigenvalue weighted by Gasteiger charge is -2.22. The lowest BCUT2D eigenvalue weighted by molar-refractivity contribution is 0.668. The van der Waals surface area contributed by atoms with E-state index in [2.05, 4.69) is 153 Å². The molecule has 0 radical (unpaired) electrons. The molecule has 0 saturated heterocycles. The van der Waals surface area contributed by atoms with E-state index in [-0.39, 0.29) is 0 Å². The van der Waals surface area contributed by atoms with E-state index in [1.54, 1.807) is 0 Å². The maximum absolute atomic E-state index is 6.16. The maximum atomic E-state index is 6.16. The van der Waals surface area contributed by atoms with Crippen LogP contribution in [-0.2, 0) is 6.42 Å². The van der Waals surface area contributed by atoms with E-state index in [0.717, 1.165) is 28.4 Å². The highest BCUT2D eigenvalue weighted by atomic mass is 16.3. The van der Waals surface area contributed by atoms with Gasteiger partial charge in [-0.25, -0.2) is 0 Å². The van der Waals surface area contributed by atoms with Crippen molar-refractivity contribution < 1.29 is 4.42 Å². The third-order valence-electron chi connectivity index (χ3n) is 9.66. The zero-order chi connectivity index (χ0) is 30.1. The van der Waals surface area contributed by atoms with Gasteiger partial charge in [-0.05, 0) is 109 Å². The number of fused-ring (bicyclic) bond motifs is 6. The molecule has 8 aromatic rings. The van der Waals surface area contributed by atoms with Gasteiger partial charge in [-0.3, -0.25) is 0 Å². The van der Waals surface area contributed by atoms with Crippen LogP contribution in [0.4, 0.5) is 0 Å². The second-order valence-electron chi connectivity index (χ2n) is 12.7. The molecule has 1 aromatic heterocycles. The number of aryl methyl sites for hydroxylation is 1. The predicted molar refractivity (Wildman–Crippen MR) is 192 cm³/mol. The van der Waals surface area contributed by atoms with Crippen LogP contribution in [0.1, 0.15) is 23.6 Å². The fourth-order valence-corrected chi connectivity index (χ4v) is 7.50. The highest BCUT2D eigenvalue weighted by Crippen LogP contribution is 2.46. The quantitative estimate of drug-likeness (QED) is 0.191. The van der Waals surface area contributed by atoms with Crippen molar-refractivity contribution in [2.45, 2.75) is 20.3 Å². The Morgan fingerprint density at radius 2 is 1.20 bits per heavy atom. The SMILES string of the molecule is Cc1ccc2c(c1)oc1ccc(-c3ccc(-c4c5ccccc5c(-c5cccc6c5C=CC(C)C6)c5ccccc45)cc3)cc12. The first-order chi connectivity index (χ1) is 22.1. The molecule has 0 saturated carbocycles. The van der Waals surface area contributed by atoms with E-state index in [9.17, 15) is 0 Å². The Balaban J connectivity index is 1.22. The standard InChI is InChI=1S/C44H32O/c1-27-14-21-33-32(24-27)8-7-13-35(33)44-38-11-5-3-9-36(38)43(37-10-4-6-12-39(37)44)30-18-16-29(17-19-30)31-20-23-41-40(26-31)34-22-15-28(2)25-42(34)45-41/h3-23,25-27H,24H2,1-2H3. The number of hydrogen-bond donors (Lipinski definition) is 0. The maximum Gasteiger partial charge on any atom is 0.135 e. The molecule has 45 heavy (non-hydrogen) atoms. The fourth-order valence-electron chi connectivity index (χ4n) is 7.50. The monoisotopic (exact) mass is 576 g/mol. The summed E-state index contributed by atoms with van der Waals surface area (Å²) in [5.74, 6) is 0.566. The molecule has 214 valence electrons. The number of allylic oxidation sites excluding steroid dienone is 1. The summed E-state index contributed by atoms with van der Waals surface area (Å²) in [6.45, 7) is 4.40. The van der Waals surface area contributed by atoms with Gasteiger partial charge in [0.25, 0.3) is 0 Å². The average molecular weight is 577 g/mol. The Labute approximate surface area is 263 Å². The zero-order valence-corrected chi connectivity index (χ0v) is 25.5. The largest absolute Gasteiger partial charge is 0.456 e. The minimum atomic E-state index is 0.566. The van der Waals surface area contributed by atoms with Crippen LogP contribution in [0.15, 0.2) is 138 Å². The summed E-state index contributed by atoms with van der Waals surface area (Å²) in [7, 11) is 0. The lowest BCUT2D eigenvalue weighted by atomic mass is 9.81. The van der Waals surface area contributed by atoms with Crippen LogP contribution in [0.25, 0.3) is 82.9 Å². The van der Waals surface area contributed by atoms with Gasteiger partial charge >= 0.3 is 0 Å². The number of furan rings is 1. The van der Waals surface area contributed by atoms with Gasteiger partial charge in [0.2, 0.25) is 0 Å². The Hall–Kier alpha value is -5.40. The molecule has 1 heterocycles. The van der Waals surface area contributed by atoms with Crippen LogP contribution in [-0.4, -0.2) is 0 Å². The first-order valence-corrected chi connectivity index (χ1v) is 15.9. The molecule has 1 atom stereocenters. The number of hydrogen-bond acceptors (Lipinski definition) is 1. The first kappa shape index (κ1) is 26.0. The van der Waals surface area contributed by atoms with Crippen LogP contribution < -0.4 is 0 Å². The molecule has 7 aromatic carbocycles. The summed E-state index contributed by atoms with van der Waals surface area (Å²) in [5, 5.41) is 7.48. The Morgan fingerprint density at radius 1 is 0.533 bits per heavy atom. The normalized spacial score (nSPS) is 14.5. The highest BCUT2D eigenvalue weighted by Gasteiger charge is 2.20. The Bertz CT molecular complexity index is 2410. The molecule has 9 rings (SSSR count). The molecule has 1 nitrogen and oxygen atoms in total. The molecule has 1 unspecified atom stereocenters. The fraction of sp³-hybridized carbons (Fsp3) is 0.0909. The summed E-state index contributed by atoms with van der Waals surface area (Å²) in [5.41, 5.74) is 13.4. The summed E-state index contributed by atoms with van der Waals surface area (Å²) in [6.07, 6.45) is 5.79. The van der Waals surface area contributed by atoms with Crippen LogP contribution in [0.5, 0.6) is 0 Å². The predicted octanol–water partition coefficient (Wildman–Crippen LogP) is 12.4. The summed E-state index contributed by atoms with van der Waals surface area (Å²) in [6, 6.07) is 46.8. The first-order valence-electron chi connectivity index (χ1n) is 15.9. The third-order valence-corrected chi connectivity index (χ3v) is 9.66. The van der Waals surface area contributed by atoms with Crippen LogP contribution in [0.2, 0.25) is 0 Å². The van der Waals surface area contributed by atoms with Gasteiger partial charge in [-0.1, -0.05) is 128 Å². The van der Waals surface area contributed by atoms with Gasteiger partial charge in [0.1, 0.15) is 11.2 Å². The van der Waals surface area contributed by atoms with Gasteiger partial charge in [-0.15, -0.1) is 0 Å². The van der Waals surface area contributed by atoms with E-state index < -0.39 is 0 Å². The topological polar surface area (TPSA) is 13.1 Å². The van der Waals surface area contributed by atoms with Crippen molar-refractivity contribution in [1.82, 2.24) is 0 Å². The second kappa shape index (κ2) is 10.1. The Kier molecular flexibility index (Phi) is 5.83. The van der Waals surface area contributed by atoms with Crippen molar-refractivity contribution in [2.75, 3.05) is 0 Å². The van der Waals surface area contributed by atoms with E-state index in [0.29, 0.717) is 5.92 Å². The molecular weight excluding hydrogens is 544 g/mol. The molecule has 0 fully saturated rings. The third kappa shape index (κ3) is 4.15. The van der Waals surface area contributed by atoms with Gasteiger partial charge < -0.3 is 4.42 Å². The van der Waals surface area contributed by atoms with Gasteiger partial charge in [0.15, 0.2) is 0 Å². The molecule has 1 heteroatoms. The smallest absolute Gasteiger partial charge is 0.135 e. The van der Waals surface area contributed by atoms with Crippen LogP contribution in [0, 0.1) is 12.8 Å². The lowest BCUT2D eigenvalue weighted by Crippen LogP contribution is -2.04. The Morgan fingerprint density at radius 3 is 1.93 bits per heavy atom. The molecule has 1 aliphatic carbocycles. The van der Waals surface area contributed by atoms with Crippen molar-refractivity contribution in [3.05, 3.63) is 150 Å². The van der Waals surface area contributed by atoms with E-state index in [4.69, 9.17) is 4.42 Å². The van der Waals surface area contributed by atoms with Crippen molar-refractivity contribution >= 4 is 49.6 Å². The average Bonchev–Trinajstić information content (AvgIpc) is 3.43. The minimum Gasteiger partial charge on any atom is -0.456 e. The van der Waals surface area contributed by atoms with Crippen molar-refractivity contribution in [2.24, 2.45) is 5.92 Å². The minimum absolute atomic E-state index is 0.566. The number of benzene rings is 7. The van der Waals surface area contributed by atoms with E-state index in [1.165, 1.54) is 71.6 Å². The second-order valence-corrected chi connectivity index (χ2v) is 12.7. The number of rotatable bonds is 3. The van der Waals surface area contributed by atoms with Gasteiger partial charge in [0, 0.05) is 10.8 Å². The summed E-state index contributed by atoms with van der Waals surface area (Å²) >= 11 is 0. The molecule has 0 spiro atoms. The zero-order valence-electron chi connectivity index (χ0n) is 25.5. The van der Waals surface area contributed by atoms with Crippen molar-refractivity contribution in [3.63, 3.8) is 0 Å². The van der Waals surface area contributed by atoms with Crippen molar-refractivity contribution in [1.29, 1.82) is 0 Å². The van der Waals surface area contributed by atoms with Gasteiger partial charge in [0.05, 0.1) is 0 Å². The molecular formula is C44H32O. The summed E-state index contributed by atoms with van der Waals surface area (Å²) < 4.78 is 6.16. The van der Waals surface area contributed by atoms with Gasteiger partial charge in [-0.2, -0.15) is 0 Å². The molecule has 0 N–H and O–H groups in total.